The quantitative estimate of drug-likeness (QED) is 0.446. The van der Waals surface area contributed by atoms with Gasteiger partial charge in [0.2, 0.25) is 22.6 Å². The molecule has 4 aromatic rings. The Kier molecular flexibility index (Phi) is 4.70. The van der Waals surface area contributed by atoms with Gasteiger partial charge in [0.05, 0.1) is 11.8 Å². The zero-order valence-electron chi connectivity index (χ0n) is 18.2. The summed E-state index contributed by atoms with van der Waals surface area (Å²) in [5.74, 6) is 0. The molecule has 4 rings (SSSR count). The maximum atomic E-state index is 4.64. The van der Waals surface area contributed by atoms with E-state index in [0.29, 0.717) is 0 Å². The van der Waals surface area contributed by atoms with Crippen LogP contribution in [0.5, 0.6) is 0 Å². The monoisotopic (exact) mass is 383 g/mol. The summed E-state index contributed by atoms with van der Waals surface area (Å²) < 4.78 is 4.63. The van der Waals surface area contributed by atoms with Gasteiger partial charge in [-0.3, -0.25) is 0 Å². The lowest BCUT2D eigenvalue weighted by Gasteiger charge is -2.20. The van der Waals surface area contributed by atoms with Crippen molar-refractivity contribution in [3.05, 3.63) is 89.5 Å². The first kappa shape index (κ1) is 19.3. The lowest BCUT2D eigenvalue weighted by Crippen LogP contribution is -2.40. The van der Waals surface area contributed by atoms with Gasteiger partial charge in [-0.2, -0.15) is 9.13 Å². The third-order valence-electron chi connectivity index (χ3n) is 5.65. The second kappa shape index (κ2) is 7.07. The van der Waals surface area contributed by atoms with Gasteiger partial charge in [-0.25, -0.2) is 4.98 Å². The highest BCUT2D eigenvalue weighted by Crippen LogP contribution is 2.28. The molecule has 2 heterocycles. The molecule has 0 saturated heterocycles. The minimum absolute atomic E-state index is 0.0394. The molecule has 146 valence electrons. The van der Waals surface area contributed by atoms with Gasteiger partial charge in [-0.15, -0.1) is 0 Å². The first-order chi connectivity index (χ1) is 13.8. The molecule has 0 radical (unpaired) electrons. The maximum absolute atomic E-state index is 4.64. The molecule has 0 N–H and O–H groups in total. The standard InChI is InChI=1S/C26H29N3/c1-18-11-9-10-14-28(18)24-15-21(26(4,5)6)16-25(20(24)3)29-19(2)17-27-22-12-7-8-13-23(22)29/h7-17H,1-6H3/q+2. The highest BCUT2D eigenvalue weighted by Gasteiger charge is 2.28. The van der Waals surface area contributed by atoms with Gasteiger partial charge >= 0.3 is 0 Å². The molecule has 0 atom stereocenters. The van der Waals surface area contributed by atoms with Gasteiger partial charge in [0.25, 0.3) is 0 Å². The molecule has 0 aliphatic rings. The highest BCUT2D eigenvalue weighted by molar-refractivity contribution is 5.71. The van der Waals surface area contributed by atoms with Crippen LogP contribution in [0, 0.1) is 20.8 Å². The summed E-state index contributed by atoms with van der Waals surface area (Å²) in [6.45, 7) is 13.3. The van der Waals surface area contributed by atoms with Crippen LogP contribution in [-0.2, 0) is 5.41 Å². The number of rotatable bonds is 2. The van der Waals surface area contributed by atoms with Gasteiger partial charge in [0, 0.05) is 44.2 Å². The predicted molar refractivity (Wildman–Crippen MR) is 118 cm³/mol. The Morgan fingerprint density at radius 3 is 2.21 bits per heavy atom. The van der Waals surface area contributed by atoms with Gasteiger partial charge in [0.1, 0.15) is 5.52 Å². The van der Waals surface area contributed by atoms with Gasteiger partial charge in [0.15, 0.2) is 11.9 Å². The molecule has 0 aliphatic carbocycles. The van der Waals surface area contributed by atoms with Gasteiger partial charge < -0.3 is 0 Å². The Morgan fingerprint density at radius 2 is 1.48 bits per heavy atom. The van der Waals surface area contributed by atoms with E-state index >= 15 is 0 Å². The number of hydrogen-bond donors (Lipinski definition) is 0. The number of aryl methyl sites for hydroxylation is 2. The number of benzene rings is 2. The fourth-order valence-corrected chi connectivity index (χ4v) is 3.89. The van der Waals surface area contributed by atoms with Crippen LogP contribution in [0.4, 0.5) is 0 Å². The molecule has 2 aromatic heterocycles. The fraction of sp³-hybridized carbons (Fsp3) is 0.269. The van der Waals surface area contributed by atoms with Crippen LogP contribution in [-0.4, -0.2) is 4.98 Å². The molecule has 0 bridgehead atoms. The van der Waals surface area contributed by atoms with Gasteiger partial charge in [-0.05, 0) is 24.0 Å². The minimum Gasteiger partial charge on any atom is -0.243 e. The Bertz CT molecular complexity index is 1220. The van der Waals surface area contributed by atoms with E-state index in [9.17, 15) is 0 Å². The molecule has 3 nitrogen and oxygen atoms in total. The smallest absolute Gasteiger partial charge is 0.237 e. The van der Waals surface area contributed by atoms with E-state index in [0.717, 1.165) is 16.7 Å². The van der Waals surface area contributed by atoms with Crippen molar-refractivity contribution in [3.63, 3.8) is 0 Å². The first-order valence-corrected chi connectivity index (χ1v) is 10.2. The predicted octanol–water partition coefficient (Wildman–Crippen LogP) is 5.01. The molecule has 0 spiro atoms. The molecule has 0 aliphatic heterocycles. The average molecular weight is 384 g/mol. The summed E-state index contributed by atoms with van der Waals surface area (Å²) in [7, 11) is 0. The van der Waals surface area contributed by atoms with Gasteiger partial charge in [-0.1, -0.05) is 39.0 Å². The molecular weight excluding hydrogens is 354 g/mol. The molecule has 3 heteroatoms. The van der Waals surface area contributed by atoms with Crippen molar-refractivity contribution in [1.29, 1.82) is 0 Å². The van der Waals surface area contributed by atoms with E-state index in [1.54, 1.807) is 0 Å². The van der Waals surface area contributed by atoms with E-state index in [-0.39, 0.29) is 5.41 Å². The summed E-state index contributed by atoms with van der Waals surface area (Å²) in [5.41, 5.74) is 9.51. The second-order valence-corrected chi connectivity index (χ2v) is 8.83. The highest BCUT2D eigenvalue weighted by atomic mass is 15.0. The topological polar surface area (TPSA) is 20.6 Å². The van der Waals surface area contributed by atoms with Crippen LogP contribution < -0.4 is 9.13 Å². The molecule has 0 unspecified atom stereocenters. The van der Waals surface area contributed by atoms with Crippen LogP contribution in [0.3, 0.4) is 0 Å². The summed E-state index contributed by atoms with van der Waals surface area (Å²) in [4.78, 5) is 4.64. The third kappa shape index (κ3) is 3.42. The van der Waals surface area contributed by atoms with E-state index in [4.69, 9.17) is 0 Å². The number of pyridine rings is 1. The van der Waals surface area contributed by atoms with Crippen molar-refractivity contribution < 1.29 is 9.13 Å². The summed E-state index contributed by atoms with van der Waals surface area (Å²) in [5, 5.41) is 0. The number of hydrogen-bond acceptors (Lipinski definition) is 1. The number of nitrogens with zero attached hydrogens (tertiary/aromatic N) is 3. The molecule has 0 saturated carbocycles. The maximum Gasteiger partial charge on any atom is 0.237 e. The average Bonchev–Trinajstić information content (AvgIpc) is 2.68. The summed E-state index contributed by atoms with van der Waals surface area (Å²) >= 11 is 0. The minimum atomic E-state index is 0.0394. The zero-order valence-corrected chi connectivity index (χ0v) is 18.2. The largest absolute Gasteiger partial charge is 0.243 e. The lowest BCUT2D eigenvalue weighted by atomic mass is 9.85. The Morgan fingerprint density at radius 1 is 0.793 bits per heavy atom. The normalized spacial score (nSPS) is 11.8. The summed E-state index contributed by atoms with van der Waals surface area (Å²) in [6.07, 6.45) is 4.11. The van der Waals surface area contributed by atoms with Crippen molar-refractivity contribution in [3.8, 4) is 11.4 Å². The first-order valence-electron chi connectivity index (χ1n) is 10.2. The van der Waals surface area contributed by atoms with E-state index in [1.165, 1.54) is 28.2 Å². The second-order valence-electron chi connectivity index (χ2n) is 8.83. The lowest BCUT2D eigenvalue weighted by molar-refractivity contribution is -0.605. The Labute approximate surface area is 173 Å². The third-order valence-corrected chi connectivity index (χ3v) is 5.65. The van der Waals surface area contributed by atoms with E-state index < -0.39 is 0 Å². The van der Waals surface area contributed by atoms with Crippen LogP contribution >= 0.6 is 0 Å². The SMILES string of the molecule is Cc1c(-[n+]2ccccc2C)cc(C(C)(C)C)cc1-[n+]1c(C)cnc2ccccc21. The van der Waals surface area contributed by atoms with Crippen LogP contribution in [0.25, 0.3) is 22.4 Å². The molecule has 2 aromatic carbocycles. The van der Waals surface area contributed by atoms with Crippen molar-refractivity contribution in [1.82, 2.24) is 4.98 Å². The van der Waals surface area contributed by atoms with E-state index in [2.05, 4.69) is 110 Å². The van der Waals surface area contributed by atoms with Crippen molar-refractivity contribution >= 4 is 11.0 Å². The van der Waals surface area contributed by atoms with Crippen molar-refractivity contribution in [2.75, 3.05) is 0 Å². The van der Waals surface area contributed by atoms with Crippen LogP contribution in [0.2, 0.25) is 0 Å². The van der Waals surface area contributed by atoms with Crippen molar-refractivity contribution in [2.24, 2.45) is 0 Å². The number of para-hydroxylation sites is 2. The van der Waals surface area contributed by atoms with Crippen LogP contribution in [0.1, 0.15) is 43.3 Å². The van der Waals surface area contributed by atoms with E-state index in [1.807, 2.05) is 12.3 Å². The number of fused-ring (bicyclic) bond motifs is 1. The molecular formula is C26H29N3+2. The molecule has 29 heavy (non-hydrogen) atoms. The Balaban J connectivity index is 2.12. The zero-order chi connectivity index (χ0) is 20.8. The molecule has 0 amide bonds. The summed E-state index contributed by atoms with van der Waals surface area (Å²) in [6, 6.07) is 19.4. The number of aromatic nitrogens is 3. The van der Waals surface area contributed by atoms with Crippen LogP contribution in [0.15, 0.2) is 67.0 Å². The molecule has 0 fully saturated rings. The Hall–Kier alpha value is -3.07. The fourth-order valence-electron chi connectivity index (χ4n) is 3.89. The van der Waals surface area contributed by atoms with Crippen molar-refractivity contribution in [2.45, 2.75) is 47.0 Å².